The molecule has 1 N–H and O–H groups in total. The molecule has 3 rings (SSSR count). The lowest BCUT2D eigenvalue weighted by Crippen LogP contribution is -2.02. The monoisotopic (exact) mass is 261 g/mol. The minimum Gasteiger partial charge on any atom is -0.339 e. The molecule has 0 saturated carbocycles. The summed E-state index contributed by atoms with van der Waals surface area (Å²) in [4.78, 5) is 11.6. The van der Waals surface area contributed by atoms with E-state index < -0.39 is 0 Å². The second-order valence-corrected chi connectivity index (χ2v) is 4.33. The van der Waals surface area contributed by atoms with Crippen LogP contribution in [0.2, 0.25) is 0 Å². The van der Waals surface area contributed by atoms with Crippen LogP contribution in [0, 0.1) is 11.7 Å². The zero-order valence-electron chi connectivity index (χ0n) is 9.75. The van der Waals surface area contributed by atoms with Crippen molar-refractivity contribution in [3.63, 3.8) is 0 Å². The predicted molar refractivity (Wildman–Crippen MR) is 67.7 cm³/mol. The van der Waals surface area contributed by atoms with E-state index in [1.165, 1.54) is 0 Å². The smallest absolute Gasteiger partial charge is 0.228 e. The standard InChI is InChI=1S/C11H11N5OS/c1-7-13-9(17-15-7)4-6-16-10-8(14-11(16)18)3-2-5-12-10/h2-3,5H,4,6H2,1H3,(H,14,18). The highest BCUT2D eigenvalue weighted by atomic mass is 32.1. The van der Waals surface area contributed by atoms with E-state index in [4.69, 9.17) is 16.7 Å². The molecule has 6 nitrogen and oxygen atoms in total. The van der Waals surface area contributed by atoms with Crippen molar-refractivity contribution >= 4 is 23.4 Å². The second-order valence-electron chi connectivity index (χ2n) is 3.94. The molecule has 0 saturated heterocycles. The van der Waals surface area contributed by atoms with Gasteiger partial charge in [0, 0.05) is 19.2 Å². The molecule has 0 bridgehead atoms. The number of hydrogen-bond acceptors (Lipinski definition) is 5. The third-order valence-electron chi connectivity index (χ3n) is 2.65. The quantitative estimate of drug-likeness (QED) is 0.730. The van der Waals surface area contributed by atoms with Crippen molar-refractivity contribution < 1.29 is 4.52 Å². The third kappa shape index (κ3) is 1.92. The number of rotatable bonds is 3. The first-order valence-electron chi connectivity index (χ1n) is 5.57. The zero-order chi connectivity index (χ0) is 12.5. The highest BCUT2D eigenvalue weighted by Gasteiger charge is 2.07. The molecule has 0 aliphatic heterocycles. The van der Waals surface area contributed by atoms with Crippen molar-refractivity contribution in [1.82, 2.24) is 24.7 Å². The molecule has 3 aromatic rings. The van der Waals surface area contributed by atoms with Gasteiger partial charge in [-0.2, -0.15) is 4.98 Å². The Morgan fingerprint density at radius 3 is 3.17 bits per heavy atom. The molecule has 0 aliphatic rings. The number of H-pyrrole nitrogens is 1. The fourth-order valence-electron chi connectivity index (χ4n) is 1.84. The second kappa shape index (κ2) is 4.34. The van der Waals surface area contributed by atoms with Gasteiger partial charge in [-0.1, -0.05) is 5.16 Å². The molecule has 0 aromatic carbocycles. The summed E-state index contributed by atoms with van der Waals surface area (Å²) in [7, 11) is 0. The molecule has 0 aliphatic carbocycles. The number of nitrogens with one attached hydrogen (secondary N) is 1. The van der Waals surface area contributed by atoms with Gasteiger partial charge in [0.25, 0.3) is 0 Å². The summed E-state index contributed by atoms with van der Waals surface area (Å²) in [5.74, 6) is 1.25. The van der Waals surface area contributed by atoms with Crippen LogP contribution in [0.5, 0.6) is 0 Å². The Labute approximate surface area is 108 Å². The Morgan fingerprint density at radius 2 is 2.39 bits per heavy atom. The summed E-state index contributed by atoms with van der Waals surface area (Å²) in [6.07, 6.45) is 2.39. The van der Waals surface area contributed by atoms with Crippen LogP contribution in [0.1, 0.15) is 11.7 Å². The summed E-state index contributed by atoms with van der Waals surface area (Å²) in [6.45, 7) is 2.46. The number of nitrogens with zero attached hydrogens (tertiary/aromatic N) is 4. The first-order chi connectivity index (χ1) is 8.74. The SMILES string of the molecule is Cc1noc(CCn2c(=S)[nH]c3cccnc32)n1. The first kappa shape index (κ1) is 11.1. The third-order valence-corrected chi connectivity index (χ3v) is 2.97. The molecule has 0 spiro atoms. The summed E-state index contributed by atoms with van der Waals surface area (Å²) in [5.41, 5.74) is 1.78. The lowest BCUT2D eigenvalue weighted by molar-refractivity contribution is 0.368. The predicted octanol–water partition coefficient (Wildman–Crippen LogP) is 2.03. The van der Waals surface area contributed by atoms with Gasteiger partial charge < -0.3 is 14.1 Å². The van der Waals surface area contributed by atoms with Crippen molar-refractivity contribution in [2.75, 3.05) is 0 Å². The minimum absolute atomic E-state index is 0.611. The molecular weight excluding hydrogens is 250 g/mol. The van der Waals surface area contributed by atoms with Crippen LogP contribution in [0.25, 0.3) is 11.2 Å². The van der Waals surface area contributed by atoms with Crippen LogP contribution in [-0.2, 0) is 13.0 Å². The Bertz CT molecular complexity index is 741. The Balaban J connectivity index is 1.90. The maximum atomic E-state index is 5.27. The number of fused-ring (bicyclic) bond motifs is 1. The topological polar surface area (TPSA) is 72.5 Å². The van der Waals surface area contributed by atoms with Crippen molar-refractivity contribution in [3.05, 3.63) is 34.8 Å². The molecule has 0 unspecified atom stereocenters. The summed E-state index contributed by atoms with van der Waals surface area (Å²) >= 11 is 5.27. The minimum atomic E-state index is 0.611. The van der Waals surface area contributed by atoms with E-state index in [0.29, 0.717) is 29.5 Å². The largest absolute Gasteiger partial charge is 0.339 e. The van der Waals surface area contributed by atoms with E-state index >= 15 is 0 Å². The Kier molecular flexibility index (Phi) is 2.67. The van der Waals surface area contributed by atoms with E-state index in [1.807, 2.05) is 16.7 Å². The average molecular weight is 261 g/mol. The normalized spacial score (nSPS) is 11.2. The van der Waals surface area contributed by atoms with Gasteiger partial charge >= 0.3 is 0 Å². The van der Waals surface area contributed by atoms with Crippen LogP contribution in [0.3, 0.4) is 0 Å². The number of aromatic nitrogens is 5. The van der Waals surface area contributed by atoms with E-state index in [1.54, 1.807) is 13.1 Å². The van der Waals surface area contributed by atoms with Crippen molar-refractivity contribution in [3.8, 4) is 0 Å². The van der Waals surface area contributed by atoms with Gasteiger partial charge in [-0.15, -0.1) is 0 Å². The number of imidazole rings is 1. The Hall–Kier alpha value is -2.02. The molecule has 18 heavy (non-hydrogen) atoms. The van der Waals surface area contributed by atoms with Crippen molar-refractivity contribution in [2.24, 2.45) is 0 Å². The molecule has 3 heterocycles. The summed E-state index contributed by atoms with van der Waals surface area (Å²) < 4.78 is 7.66. The summed E-state index contributed by atoms with van der Waals surface area (Å²) in [6, 6.07) is 3.82. The maximum Gasteiger partial charge on any atom is 0.228 e. The van der Waals surface area contributed by atoms with Gasteiger partial charge in [-0.05, 0) is 31.3 Å². The zero-order valence-corrected chi connectivity index (χ0v) is 10.6. The molecule has 3 aromatic heterocycles. The van der Waals surface area contributed by atoms with Crippen molar-refractivity contribution in [1.29, 1.82) is 0 Å². The molecular formula is C11H11N5OS. The summed E-state index contributed by atoms with van der Waals surface area (Å²) in [5, 5.41) is 3.76. The lowest BCUT2D eigenvalue weighted by Gasteiger charge is -2.00. The average Bonchev–Trinajstić information content (AvgIpc) is 2.90. The van der Waals surface area contributed by atoms with E-state index in [0.717, 1.165) is 11.2 Å². The van der Waals surface area contributed by atoms with E-state index in [2.05, 4.69) is 20.1 Å². The molecule has 0 radical (unpaired) electrons. The highest BCUT2D eigenvalue weighted by Crippen LogP contribution is 2.11. The van der Waals surface area contributed by atoms with Gasteiger partial charge in [-0.25, -0.2) is 4.98 Å². The maximum absolute atomic E-state index is 5.27. The van der Waals surface area contributed by atoms with Crippen LogP contribution in [-0.4, -0.2) is 24.7 Å². The molecule has 92 valence electrons. The van der Waals surface area contributed by atoms with Crippen LogP contribution in [0.4, 0.5) is 0 Å². The Morgan fingerprint density at radius 1 is 1.50 bits per heavy atom. The number of aryl methyl sites for hydroxylation is 3. The van der Waals surface area contributed by atoms with Gasteiger partial charge in [0.05, 0.1) is 5.52 Å². The number of aromatic amines is 1. The van der Waals surface area contributed by atoms with E-state index in [-0.39, 0.29) is 0 Å². The van der Waals surface area contributed by atoms with Crippen LogP contribution in [0.15, 0.2) is 22.9 Å². The highest BCUT2D eigenvalue weighted by molar-refractivity contribution is 7.71. The van der Waals surface area contributed by atoms with Gasteiger partial charge in [0.1, 0.15) is 0 Å². The fourth-order valence-corrected chi connectivity index (χ4v) is 2.13. The molecule has 0 amide bonds. The van der Waals surface area contributed by atoms with Crippen LogP contribution < -0.4 is 0 Å². The van der Waals surface area contributed by atoms with E-state index in [9.17, 15) is 0 Å². The van der Waals surface area contributed by atoms with Gasteiger partial charge in [-0.3, -0.25) is 0 Å². The first-order valence-corrected chi connectivity index (χ1v) is 5.97. The number of pyridine rings is 1. The van der Waals surface area contributed by atoms with Crippen molar-refractivity contribution in [2.45, 2.75) is 19.9 Å². The van der Waals surface area contributed by atoms with Crippen LogP contribution >= 0.6 is 12.2 Å². The number of hydrogen-bond donors (Lipinski definition) is 1. The van der Waals surface area contributed by atoms with Gasteiger partial charge in [0.15, 0.2) is 16.2 Å². The fraction of sp³-hybridized carbons (Fsp3) is 0.273. The molecule has 0 fully saturated rings. The molecule has 7 heteroatoms. The van der Waals surface area contributed by atoms with Gasteiger partial charge in [0.2, 0.25) is 5.89 Å². The lowest BCUT2D eigenvalue weighted by atomic mass is 10.4. The molecule has 0 atom stereocenters.